The van der Waals surface area contributed by atoms with Crippen LogP contribution in [0.1, 0.15) is 0 Å². The minimum absolute atomic E-state index is 0.304. The van der Waals surface area contributed by atoms with Crippen molar-refractivity contribution in [2.45, 2.75) is 12.2 Å². The zero-order valence-corrected chi connectivity index (χ0v) is 8.71. The molecule has 0 bridgehead atoms. The first kappa shape index (κ1) is 14.7. The molecule has 0 saturated carbocycles. The molecule has 0 aromatic rings. The first-order valence-corrected chi connectivity index (χ1v) is 4.46. The summed E-state index contributed by atoms with van der Waals surface area (Å²) in [5.41, 5.74) is 0. The third-order valence-corrected chi connectivity index (χ3v) is 1.95. The SMILES string of the molecule is C#CC1CNCCN1C.O=C(O)C(F)(F)F. The van der Waals surface area contributed by atoms with E-state index in [1.165, 1.54) is 0 Å². The van der Waals surface area contributed by atoms with E-state index in [1.54, 1.807) is 0 Å². The average Bonchev–Trinajstić information content (AvgIpc) is 2.18. The first-order valence-electron chi connectivity index (χ1n) is 4.46. The fourth-order valence-corrected chi connectivity index (χ4v) is 0.992. The molecule has 16 heavy (non-hydrogen) atoms. The van der Waals surface area contributed by atoms with Crippen LogP contribution in [0.15, 0.2) is 0 Å². The van der Waals surface area contributed by atoms with Gasteiger partial charge in [-0.25, -0.2) is 4.79 Å². The summed E-state index contributed by atoms with van der Waals surface area (Å²) in [6, 6.07) is 0.304. The molecule has 4 nitrogen and oxygen atoms in total. The quantitative estimate of drug-likeness (QED) is 0.590. The van der Waals surface area contributed by atoms with Gasteiger partial charge in [0.1, 0.15) is 0 Å². The van der Waals surface area contributed by atoms with Crippen molar-refractivity contribution in [1.29, 1.82) is 0 Å². The highest BCUT2D eigenvalue weighted by atomic mass is 19.4. The molecule has 7 heteroatoms. The van der Waals surface area contributed by atoms with Gasteiger partial charge in [0.15, 0.2) is 0 Å². The second-order valence-electron chi connectivity index (χ2n) is 3.17. The van der Waals surface area contributed by atoms with E-state index in [0.29, 0.717) is 6.04 Å². The third-order valence-electron chi connectivity index (χ3n) is 1.95. The molecule has 0 aromatic carbocycles. The third kappa shape index (κ3) is 5.58. The molecule has 0 spiro atoms. The molecule has 92 valence electrons. The van der Waals surface area contributed by atoms with Crippen LogP contribution in [-0.4, -0.2) is 54.9 Å². The number of carbonyl (C=O) groups is 1. The number of nitrogens with one attached hydrogen (secondary N) is 1. The Labute approximate surface area is 91.4 Å². The van der Waals surface area contributed by atoms with E-state index in [-0.39, 0.29) is 0 Å². The van der Waals surface area contributed by atoms with E-state index < -0.39 is 12.1 Å². The van der Waals surface area contributed by atoms with Gasteiger partial charge in [0.05, 0.1) is 6.04 Å². The van der Waals surface area contributed by atoms with Crippen LogP contribution in [-0.2, 0) is 4.79 Å². The van der Waals surface area contributed by atoms with E-state index in [1.807, 2.05) is 0 Å². The molecule has 2 N–H and O–H groups in total. The number of rotatable bonds is 0. The van der Waals surface area contributed by atoms with Crippen LogP contribution < -0.4 is 5.32 Å². The topological polar surface area (TPSA) is 52.6 Å². The largest absolute Gasteiger partial charge is 0.490 e. The predicted molar refractivity (Wildman–Crippen MR) is 51.8 cm³/mol. The maximum atomic E-state index is 10.6. The van der Waals surface area contributed by atoms with Gasteiger partial charge in [0.2, 0.25) is 0 Å². The number of terminal acetylenes is 1. The maximum absolute atomic E-state index is 10.6. The van der Waals surface area contributed by atoms with E-state index in [2.05, 4.69) is 23.2 Å². The number of nitrogens with zero attached hydrogens (tertiary/aromatic N) is 1. The zero-order chi connectivity index (χ0) is 12.8. The Balaban J connectivity index is 0.000000293. The van der Waals surface area contributed by atoms with Crippen molar-refractivity contribution in [2.24, 2.45) is 0 Å². The second kappa shape index (κ2) is 6.35. The minimum atomic E-state index is -5.08. The molecule has 0 amide bonds. The number of piperazine rings is 1. The summed E-state index contributed by atoms with van der Waals surface area (Å²) >= 11 is 0. The fourth-order valence-electron chi connectivity index (χ4n) is 0.992. The number of likely N-dealkylation sites (N-methyl/N-ethyl adjacent to an activating group) is 1. The van der Waals surface area contributed by atoms with Crippen molar-refractivity contribution in [3.63, 3.8) is 0 Å². The molecule has 1 aliphatic rings. The van der Waals surface area contributed by atoms with Gasteiger partial charge in [-0.05, 0) is 7.05 Å². The molecule has 1 unspecified atom stereocenters. The summed E-state index contributed by atoms with van der Waals surface area (Å²) < 4.78 is 31.7. The molecule has 1 aliphatic heterocycles. The summed E-state index contributed by atoms with van der Waals surface area (Å²) in [6.45, 7) is 3.07. The van der Waals surface area contributed by atoms with Crippen molar-refractivity contribution < 1.29 is 23.1 Å². The average molecular weight is 238 g/mol. The highest BCUT2D eigenvalue weighted by Crippen LogP contribution is 2.13. The number of hydrogen-bond acceptors (Lipinski definition) is 3. The molecule has 0 aliphatic carbocycles. The van der Waals surface area contributed by atoms with E-state index in [4.69, 9.17) is 16.3 Å². The van der Waals surface area contributed by atoms with Gasteiger partial charge in [-0.3, -0.25) is 4.90 Å². The van der Waals surface area contributed by atoms with E-state index >= 15 is 0 Å². The Morgan fingerprint density at radius 1 is 1.62 bits per heavy atom. The summed E-state index contributed by atoms with van der Waals surface area (Å²) in [6.07, 6.45) is 0.179. The number of alkyl halides is 3. The Morgan fingerprint density at radius 3 is 2.38 bits per heavy atom. The maximum Gasteiger partial charge on any atom is 0.490 e. The van der Waals surface area contributed by atoms with Crippen LogP contribution >= 0.6 is 0 Å². The van der Waals surface area contributed by atoms with Crippen LogP contribution in [0.2, 0.25) is 0 Å². The van der Waals surface area contributed by atoms with Gasteiger partial charge in [-0.15, -0.1) is 6.42 Å². The molecule has 1 rings (SSSR count). The van der Waals surface area contributed by atoms with Crippen molar-refractivity contribution in [3.8, 4) is 12.3 Å². The second-order valence-corrected chi connectivity index (χ2v) is 3.17. The van der Waals surface area contributed by atoms with Crippen molar-refractivity contribution >= 4 is 5.97 Å². The molecule has 1 fully saturated rings. The van der Waals surface area contributed by atoms with Gasteiger partial charge in [0.25, 0.3) is 0 Å². The monoisotopic (exact) mass is 238 g/mol. The summed E-state index contributed by atoms with van der Waals surface area (Å²) in [5, 5.41) is 10.4. The lowest BCUT2D eigenvalue weighted by atomic mass is 10.2. The molecule has 1 atom stereocenters. The Kier molecular flexibility index (Phi) is 5.85. The van der Waals surface area contributed by atoms with Crippen LogP contribution in [0.4, 0.5) is 13.2 Å². The van der Waals surface area contributed by atoms with Gasteiger partial charge in [-0.2, -0.15) is 13.2 Å². The summed E-state index contributed by atoms with van der Waals surface area (Å²) in [4.78, 5) is 11.1. The normalized spacial score (nSPS) is 21.6. The van der Waals surface area contributed by atoms with Crippen molar-refractivity contribution in [2.75, 3.05) is 26.7 Å². The number of carboxylic acid groups (broad SMARTS) is 1. The Bertz CT molecular complexity index is 273. The van der Waals surface area contributed by atoms with Gasteiger partial charge in [0, 0.05) is 19.6 Å². The van der Waals surface area contributed by atoms with E-state index in [0.717, 1.165) is 19.6 Å². The van der Waals surface area contributed by atoms with Crippen molar-refractivity contribution in [1.82, 2.24) is 10.2 Å². The van der Waals surface area contributed by atoms with Crippen molar-refractivity contribution in [3.05, 3.63) is 0 Å². The van der Waals surface area contributed by atoms with E-state index in [9.17, 15) is 13.2 Å². The lowest BCUT2D eigenvalue weighted by molar-refractivity contribution is -0.192. The first-order chi connectivity index (χ1) is 7.29. The molecular formula is C9H13F3N2O2. The summed E-state index contributed by atoms with van der Waals surface area (Å²) in [5.74, 6) is -0.0399. The standard InChI is InChI=1S/C7H12N2.C2HF3O2/c1-3-7-6-8-4-5-9(7)2;3-2(4,5)1(6)7/h1,7-8H,4-6H2,2H3;(H,6,7). The van der Waals surface area contributed by atoms with Gasteiger partial charge in [-0.1, -0.05) is 5.92 Å². The Morgan fingerprint density at radius 2 is 2.12 bits per heavy atom. The van der Waals surface area contributed by atoms with Crippen LogP contribution in [0.5, 0.6) is 0 Å². The molecular weight excluding hydrogens is 225 g/mol. The molecule has 1 heterocycles. The molecule has 0 aromatic heterocycles. The highest BCUT2D eigenvalue weighted by Gasteiger charge is 2.38. The highest BCUT2D eigenvalue weighted by molar-refractivity contribution is 5.73. The minimum Gasteiger partial charge on any atom is -0.475 e. The number of aliphatic carboxylic acids is 1. The van der Waals surface area contributed by atoms with Crippen LogP contribution in [0, 0.1) is 12.3 Å². The Hall–Kier alpha value is -1.26. The smallest absolute Gasteiger partial charge is 0.475 e. The fraction of sp³-hybridized carbons (Fsp3) is 0.667. The molecule has 1 saturated heterocycles. The van der Waals surface area contributed by atoms with Crippen LogP contribution in [0.3, 0.4) is 0 Å². The number of hydrogen-bond donors (Lipinski definition) is 2. The van der Waals surface area contributed by atoms with Crippen LogP contribution in [0.25, 0.3) is 0 Å². The van der Waals surface area contributed by atoms with Gasteiger partial charge < -0.3 is 10.4 Å². The molecule has 0 radical (unpaired) electrons. The predicted octanol–water partition coefficient (Wildman–Crippen LogP) is 0.157. The number of halogens is 3. The lowest BCUT2D eigenvalue weighted by Crippen LogP contribution is -2.48. The summed E-state index contributed by atoms with van der Waals surface area (Å²) in [7, 11) is 2.06. The van der Waals surface area contributed by atoms with Gasteiger partial charge >= 0.3 is 12.1 Å². The zero-order valence-electron chi connectivity index (χ0n) is 8.71. The lowest BCUT2D eigenvalue weighted by Gasteiger charge is -2.28. The number of carboxylic acids is 1.